The molecule has 0 saturated heterocycles. The lowest BCUT2D eigenvalue weighted by Gasteiger charge is -2.11. The van der Waals surface area contributed by atoms with Gasteiger partial charge in [-0.25, -0.2) is 4.98 Å². The molecule has 0 fully saturated rings. The number of hydrogen-bond donors (Lipinski definition) is 2. The van der Waals surface area contributed by atoms with Crippen LogP contribution in [0.2, 0.25) is 0 Å². The van der Waals surface area contributed by atoms with E-state index in [4.69, 9.17) is 9.47 Å². The van der Waals surface area contributed by atoms with Gasteiger partial charge in [0.1, 0.15) is 17.3 Å². The van der Waals surface area contributed by atoms with Crippen LogP contribution in [0.25, 0.3) is 11.0 Å². The van der Waals surface area contributed by atoms with Crippen LogP contribution in [-0.4, -0.2) is 35.8 Å². The average Bonchev–Trinajstić information content (AvgIpc) is 3.04. The maximum atomic E-state index is 12.1. The van der Waals surface area contributed by atoms with Crippen molar-refractivity contribution in [3.63, 3.8) is 0 Å². The third kappa shape index (κ3) is 4.24. The number of rotatable bonds is 7. The van der Waals surface area contributed by atoms with Gasteiger partial charge in [0.2, 0.25) is 5.91 Å². The van der Waals surface area contributed by atoms with Crippen molar-refractivity contribution in [2.24, 2.45) is 0 Å². The Morgan fingerprint density at radius 3 is 2.80 bits per heavy atom. The van der Waals surface area contributed by atoms with Crippen LogP contribution in [0.1, 0.15) is 5.82 Å². The third-order valence-electron chi connectivity index (χ3n) is 3.59. The van der Waals surface area contributed by atoms with Gasteiger partial charge in [0, 0.05) is 6.07 Å². The SMILES string of the molecule is COc1ccc(NC(=O)CSCc2nc3ccccc3[nH]2)c(OC)c1. The molecule has 0 aliphatic heterocycles. The van der Waals surface area contributed by atoms with E-state index in [0.717, 1.165) is 16.9 Å². The number of aromatic amines is 1. The second-order valence-corrected chi connectivity index (χ2v) is 6.29. The van der Waals surface area contributed by atoms with Gasteiger partial charge in [-0.2, -0.15) is 0 Å². The molecule has 7 heteroatoms. The van der Waals surface area contributed by atoms with Gasteiger partial charge in [0.25, 0.3) is 0 Å². The zero-order valence-corrected chi connectivity index (χ0v) is 14.9. The summed E-state index contributed by atoms with van der Waals surface area (Å²) in [5.41, 5.74) is 2.56. The minimum absolute atomic E-state index is 0.0930. The number of H-pyrrole nitrogens is 1. The summed E-state index contributed by atoms with van der Waals surface area (Å²) in [4.78, 5) is 19.9. The predicted octanol–water partition coefficient (Wildman–Crippen LogP) is 3.45. The molecule has 1 amide bonds. The van der Waals surface area contributed by atoms with Crippen molar-refractivity contribution in [1.82, 2.24) is 9.97 Å². The van der Waals surface area contributed by atoms with E-state index in [9.17, 15) is 4.79 Å². The number of hydrogen-bond acceptors (Lipinski definition) is 5. The number of thioether (sulfide) groups is 1. The van der Waals surface area contributed by atoms with Crippen LogP contribution in [0.3, 0.4) is 0 Å². The Morgan fingerprint density at radius 2 is 2.04 bits per heavy atom. The van der Waals surface area contributed by atoms with Crippen LogP contribution in [-0.2, 0) is 10.5 Å². The highest BCUT2D eigenvalue weighted by molar-refractivity contribution is 7.99. The number of nitrogens with zero attached hydrogens (tertiary/aromatic N) is 1. The molecule has 0 aliphatic carbocycles. The van der Waals surface area contributed by atoms with E-state index in [1.165, 1.54) is 11.8 Å². The normalized spacial score (nSPS) is 10.6. The summed E-state index contributed by atoms with van der Waals surface area (Å²) in [5, 5.41) is 2.85. The second-order valence-electron chi connectivity index (χ2n) is 5.31. The van der Waals surface area contributed by atoms with Crippen molar-refractivity contribution in [3.8, 4) is 11.5 Å². The van der Waals surface area contributed by atoms with E-state index in [-0.39, 0.29) is 5.91 Å². The number of carbonyl (C=O) groups excluding carboxylic acids is 1. The van der Waals surface area contributed by atoms with Gasteiger partial charge in [-0.15, -0.1) is 11.8 Å². The Morgan fingerprint density at radius 1 is 1.20 bits per heavy atom. The molecule has 2 N–H and O–H groups in total. The molecule has 25 heavy (non-hydrogen) atoms. The highest BCUT2D eigenvalue weighted by Crippen LogP contribution is 2.29. The van der Waals surface area contributed by atoms with Gasteiger partial charge in [-0.3, -0.25) is 4.79 Å². The fourth-order valence-corrected chi connectivity index (χ4v) is 3.09. The number of aromatic nitrogens is 2. The zero-order valence-electron chi connectivity index (χ0n) is 14.0. The van der Waals surface area contributed by atoms with Crippen molar-refractivity contribution in [3.05, 3.63) is 48.3 Å². The molecule has 2 aromatic carbocycles. The van der Waals surface area contributed by atoms with Crippen LogP contribution in [0.4, 0.5) is 5.69 Å². The molecule has 1 aromatic heterocycles. The number of amides is 1. The van der Waals surface area contributed by atoms with Gasteiger partial charge in [-0.05, 0) is 24.3 Å². The topological polar surface area (TPSA) is 76.2 Å². The summed E-state index contributed by atoms with van der Waals surface area (Å²) < 4.78 is 10.4. The molecule has 0 unspecified atom stereocenters. The minimum Gasteiger partial charge on any atom is -0.497 e. The number of imidazole rings is 1. The second kappa shape index (κ2) is 7.94. The molecule has 0 spiro atoms. The minimum atomic E-state index is -0.0930. The maximum Gasteiger partial charge on any atom is 0.234 e. The van der Waals surface area contributed by atoms with E-state index in [2.05, 4.69) is 15.3 Å². The van der Waals surface area contributed by atoms with E-state index < -0.39 is 0 Å². The van der Waals surface area contributed by atoms with Crippen LogP contribution in [0.5, 0.6) is 11.5 Å². The smallest absolute Gasteiger partial charge is 0.234 e. The fraction of sp³-hybridized carbons (Fsp3) is 0.222. The number of carbonyl (C=O) groups is 1. The number of benzene rings is 2. The quantitative estimate of drug-likeness (QED) is 0.677. The molecule has 130 valence electrons. The van der Waals surface area contributed by atoms with E-state index in [1.807, 2.05) is 24.3 Å². The fourth-order valence-electron chi connectivity index (χ4n) is 2.40. The van der Waals surface area contributed by atoms with Crippen molar-refractivity contribution in [2.75, 3.05) is 25.3 Å². The number of ether oxygens (including phenoxy) is 2. The van der Waals surface area contributed by atoms with Crippen LogP contribution in [0.15, 0.2) is 42.5 Å². The Labute approximate surface area is 149 Å². The number of fused-ring (bicyclic) bond motifs is 1. The van der Waals surface area contributed by atoms with Crippen LogP contribution >= 0.6 is 11.8 Å². The Kier molecular flexibility index (Phi) is 5.45. The molecular formula is C18H19N3O3S. The van der Waals surface area contributed by atoms with E-state index in [0.29, 0.717) is 28.7 Å². The lowest BCUT2D eigenvalue weighted by molar-refractivity contribution is -0.113. The number of anilines is 1. The summed E-state index contributed by atoms with van der Waals surface area (Å²) in [6.07, 6.45) is 0. The summed E-state index contributed by atoms with van der Waals surface area (Å²) >= 11 is 1.50. The van der Waals surface area contributed by atoms with Gasteiger partial charge >= 0.3 is 0 Å². The summed E-state index contributed by atoms with van der Waals surface area (Å²) in [7, 11) is 3.14. The lowest BCUT2D eigenvalue weighted by Crippen LogP contribution is -2.15. The lowest BCUT2D eigenvalue weighted by atomic mass is 10.2. The highest BCUT2D eigenvalue weighted by atomic mass is 32.2. The average molecular weight is 357 g/mol. The molecule has 1 heterocycles. The maximum absolute atomic E-state index is 12.1. The molecule has 0 radical (unpaired) electrons. The highest BCUT2D eigenvalue weighted by Gasteiger charge is 2.10. The first-order chi connectivity index (χ1) is 12.2. The molecule has 3 rings (SSSR count). The zero-order chi connectivity index (χ0) is 17.6. The largest absolute Gasteiger partial charge is 0.497 e. The first kappa shape index (κ1) is 17.2. The van der Waals surface area contributed by atoms with Gasteiger partial charge in [0.15, 0.2) is 0 Å². The molecular weight excluding hydrogens is 338 g/mol. The Hall–Kier alpha value is -2.67. The van der Waals surface area contributed by atoms with Gasteiger partial charge in [0.05, 0.1) is 42.4 Å². The van der Waals surface area contributed by atoms with Gasteiger partial charge in [-0.1, -0.05) is 12.1 Å². The van der Waals surface area contributed by atoms with Crippen LogP contribution in [0, 0.1) is 0 Å². The molecule has 6 nitrogen and oxygen atoms in total. The molecule has 0 atom stereocenters. The van der Waals surface area contributed by atoms with E-state index >= 15 is 0 Å². The Balaban J connectivity index is 1.54. The molecule has 3 aromatic rings. The Bertz CT molecular complexity index is 846. The molecule has 0 aliphatic rings. The summed E-state index contributed by atoms with van der Waals surface area (Å²) in [6, 6.07) is 13.1. The summed E-state index contributed by atoms with van der Waals surface area (Å²) in [5.74, 6) is 2.98. The number of methoxy groups -OCH3 is 2. The van der Waals surface area contributed by atoms with Crippen molar-refractivity contribution < 1.29 is 14.3 Å². The van der Waals surface area contributed by atoms with E-state index in [1.54, 1.807) is 32.4 Å². The van der Waals surface area contributed by atoms with Crippen LogP contribution < -0.4 is 14.8 Å². The van der Waals surface area contributed by atoms with Crippen molar-refractivity contribution >= 4 is 34.4 Å². The summed E-state index contributed by atoms with van der Waals surface area (Å²) in [6.45, 7) is 0. The molecule has 0 saturated carbocycles. The van der Waals surface area contributed by atoms with Crippen molar-refractivity contribution in [1.29, 1.82) is 0 Å². The monoisotopic (exact) mass is 357 g/mol. The predicted molar refractivity (Wildman–Crippen MR) is 100 cm³/mol. The third-order valence-corrected chi connectivity index (χ3v) is 4.54. The first-order valence-electron chi connectivity index (χ1n) is 7.73. The first-order valence-corrected chi connectivity index (χ1v) is 8.88. The van der Waals surface area contributed by atoms with Gasteiger partial charge < -0.3 is 19.8 Å². The number of para-hydroxylation sites is 2. The van der Waals surface area contributed by atoms with Crippen molar-refractivity contribution in [2.45, 2.75) is 5.75 Å². The number of nitrogens with one attached hydrogen (secondary N) is 2. The standard InChI is InChI=1S/C18H19N3O3S/c1-23-12-7-8-15(16(9-12)24-2)21-18(22)11-25-10-17-19-13-5-3-4-6-14(13)20-17/h3-9H,10-11H2,1-2H3,(H,19,20)(H,21,22). The molecule has 0 bridgehead atoms.